The lowest BCUT2D eigenvalue weighted by molar-refractivity contribution is 1.09. The maximum absolute atomic E-state index is 4.50. The number of benzene rings is 1. The van der Waals surface area contributed by atoms with Crippen LogP contribution in [-0.2, 0) is 0 Å². The zero-order valence-corrected chi connectivity index (χ0v) is 10.1. The van der Waals surface area contributed by atoms with Crippen molar-refractivity contribution in [3.8, 4) is 0 Å². The number of aliphatic imine (C=N–C) groups is 1. The second kappa shape index (κ2) is 3.87. The Bertz CT molecular complexity index is 590. The quantitative estimate of drug-likeness (QED) is 0.684. The first kappa shape index (κ1) is 9.79. The highest BCUT2D eigenvalue weighted by Crippen LogP contribution is 2.36. The van der Waals surface area contributed by atoms with Gasteiger partial charge in [0.2, 0.25) is 0 Å². The van der Waals surface area contributed by atoms with Crippen LogP contribution in [-0.4, -0.2) is 6.21 Å². The SMILES string of the molecule is Cc1c(C2=CCCC=N2)sc2ccccc12. The summed E-state index contributed by atoms with van der Waals surface area (Å²) in [7, 11) is 0. The van der Waals surface area contributed by atoms with Crippen LogP contribution < -0.4 is 0 Å². The molecular weight excluding hydrogens is 214 g/mol. The van der Waals surface area contributed by atoms with Crippen LogP contribution in [0.15, 0.2) is 35.3 Å². The smallest absolute Gasteiger partial charge is 0.0761 e. The lowest BCUT2D eigenvalue weighted by Gasteiger charge is -2.04. The van der Waals surface area contributed by atoms with Gasteiger partial charge in [-0.25, -0.2) is 0 Å². The van der Waals surface area contributed by atoms with Crippen molar-refractivity contribution in [2.45, 2.75) is 19.8 Å². The molecule has 1 aliphatic rings. The van der Waals surface area contributed by atoms with E-state index in [4.69, 9.17) is 0 Å². The van der Waals surface area contributed by atoms with Crippen molar-refractivity contribution in [2.75, 3.05) is 0 Å². The summed E-state index contributed by atoms with van der Waals surface area (Å²) in [5, 5.41) is 1.36. The van der Waals surface area contributed by atoms with Gasteiger partial charge in [0.15, 0.2) is 0 Å². The molecule has 0 atom stereocenters. The Labute approximate surface area is 99.1 Å². The number of allylic oxidation sites excluding steroid dienone is 1. The van der Waals surface area contributed by atoms with E-state index in [0.29, 0.717) is 0 Å². The summed E-state index contributed by atoms with van der Waals surface area (Å²) in [5.41, 5.74) is 2.52. The van der Waals surface area contributed by atoms with Crippen LogP contribution >= 0.6 is 11.3 Å². The maximum atomic E-state index is 4.50. The topological polar surface area (TPSA) is 12.4 Å². The van der Waals surface area contributed by atoms with Gasteiger partial charge in [0, 0.05) is 10.9 Å². The van der Waals surface area contributed by atoms with E-state index in [9.17, 15) is 0 Å². The normalized spacial score (nSPS) is 15.4. The molecule has 0 fully saturated rings. The molecule has 0 amide bonds. The van der Waals surface area contributed by atoms with Gasteiger partial charge in [-0.3, -0.25) is 4.99 Å². The van der Waals surface area contributed by atoms with E-state index >= 15 is 0 Å². The Morgan fingerprint density at radius 1 is 1.19 bits per heavy atom. The van der Waals surface area contributed by atoms with Gasteiger partial charge in [-0.15, -0.1) is 11.3 Å². The molecule has 16 heavy (non-hydrogen) atoms. The summed E-state index contributed by atoms with van der Waals surface area (Å²) in [6.45, 7) is 2.19. The third kappa shape index (κ3) is 1.50. The summed E-state index contributed by atoms with van der Waals surface area (Å²) >= 11 is 1.85. The Balaban J connectivity index is 2.20. The highest BCUT2D eigenvalue weighted by molar-refractivity contribution is 7.20. The molecule has 80 valence electrons. The summed E-state index contributed by atoms with van der Waals surface area (Å²) in [6, 6.07) is 8.58. The minimum Gasteiger partial charge on any atom is -0.260 e. The molecule has 0 aliphatic carbocycles. The second-order valence-corrected chi connectivity index (χ2v) is 5.08. The molecule has 1 nitrogen and oxygen atoms in total. The van der Waals surface area contributed by atoms with Crippen LogP contribution in [0.5, 0.6) is 0 Å². The second-order valence-electron chi connectivity index (χ2n) is 4.03. The van der Waals surface area contributed by atoms with E-state index in [1.165, 1.54) is 20.5 Å². The van der Waals surface area contributed by atoms with Crippen molar-refractivity contribution in [1.29, 1.82) is 0 Å². The van der Waals surface area contributed by atoms with Crippen molar-refractivity contribution >= 4 is 33.3 Å². The zero-order chi connectivity index (χ0) is 11.0. The molecule has 2 aromatic rings. The van der Waals surface area contributed by atoms with Crippen molar-refractivity contribution in [3.05, 3.63) is 40.8 Å². The summed E-state index contributed by atoms with van der Waals surface area (Å²) in [6.07, 6.45) is 6.47. The fraction of sp³-hybridized carbons (Fsp3) is 0.214. The van der Waals surface area contributed by atoms with Crippen LogP contribution in [0.3, 0.4) is 0 Å². The molecule has 2 heterocycles. The lowest BCUT2D eigenvalue weighted by atomic mass is 10.1. The van der Waals surface area contributed by atoms with Crippen molar-refractivity contribution in [3.63, 3.8) is 0 Å². The van der Waals surface area contributed by atoms with Crippen LogP contribution in [0.2, 0.25) is 0 Å². The largest absolute Gasteiger partial charge is 0.260 e. The van der Waals surface area contributed by atoms with Gasteiger partial charge in [0.1, 0.15) is 0 Å². The highest BCUT2D eigenvalue weighted by atomic mass is 32.1. The molecule has 1 aromatic carbocycles. The minimum atomic E-state index is 1.08. The van der Waals surface area contributed by atoms with Gasteiger partial charge in [-0.05, 0) is 36.8 Å². The van der Waals surface area contributed by atoms with Crippen LogP contribution in [0, 0.1) is 6.92 Å². The summed E-state index contributed by atoms with van der Waals surface area (Å²) < 4.78 is 1.36. The molecule has 0 saturated carbocycles. The Morgan fingerprint density at radius 2 is 2.06 bits per heavy atom. The molecule has 3 rings (SSSR count). The minimum absolute atomic E-state index is 1.08. The number of rotatable bonds is 1. The molecular formula is C14H13NS. The molecule has 1 aliphatic heterocycles. The molecule has 0 radical (unpaired) electrons. The number of hydrogen-bond donors (Lipinski definition) is 0. The molecule has 0 bridgehead atoms. The Kier molecular flexibility index (Phi) is 2.37. The molecule has 0 unspecified atom stereocenters. The van der Waals surface area contributed by atoms with Gasteiger partial charge < -0.3 is 0 Å². The van der Waals surface area contributed by atoms with E-state index in [1.54, 1.807) is 0 Å². The standard InChI is InChI=1S/C14H13NS/c1-10-11-6-2-3-8-13(11)16-14(10)12-7-4-5-9-15-12/h2-3,6-9H,4-5H2,1H3. The van der Waals surface area contributed by atoms with E-state index in [2.05, 4.69) is 42.3 Å². The average molecular weight is 227 g/mol. The monoisotopic (exact) mass is 227 g/mol. The zero-order valence-electron chi connectivity index (χ0n) is 9.23. The molecule has 2 heteroatoms. The number of nitrogens with zero attached hydrogens (tertiary/aromatic N) is 1. The Morgan fingerprint density at radius 3 is 2.81 bits per heavy atom. The van der Waals surface area contributed by atoms with Gasteiger partial charge in [-0.2, -0.15) is 0 Å². The van der Waals surface area contributed by atoms with Crippen LogP contribution in [0.25, 0.3) is 15.8 Å². The average Bonchev–Trinajstić information content (AvgIpc) is 2.69. The van der Waals surface area contributed by atoms with Crippen LogP contribution in [0.4, 0.5) is 0 Å². The summed E-state index contributed by atoms with van der Waals surface area (Å²) in [4.78, 5) is 5.83. The number of fused-ring (bicyclic) bond motifs is 1. The summed E-state index contributed by atoms with van der Waals surface area (Å²) in [5.74, 6) is 0. The number of aryl methyl sites for hydroxylation is 1. The van der Waals surface area contributed by atoms with Gasteiger partial charge in [0.05, 0.1) is 10.6 Å². The first-order valence-corrected chi connectivity index (χ1v) is 6.39. The van der Waals surface area contributed by atoms with Gasteiger partial charge >= 0.3 is 0 Å². The van der Waals surface area contributed by atoms with Crippen LogP contribution in [0.1, 0.15) is 23.3 Å². The molecule has 0 spiro atoms. The fourth-order valence-electron chi connectivity index (χ4n) is 2.08. The van der Waals surface area contributed by atoms with Gasteiger partial charge in [0.25, 0.3) is 0 Å². The van der Waals surface area contributed by atoms with Crippen molar-refractivity contribution in [2.24, 2.45) is 4.99 Å². The number of hydrogen-bond acceptors (Lipinski definition) is 2. The van der Waals surface area contributed by atoms with E-state index in [-0.39, 0.29) is 0 Å². The molecule has 1 aromatic heterocycles. The van der Waals surface area contributed by atoms with E-state index in [1.807, 2.05) is 17.6 Å². The number of thiophene rings is 1. The van der Waals surface area contributed by atoms with Crippen molar-refractivity contribution < 1.29 is 0 Å². The molecule has 0 N–H and O–H groups in total. The molecule has 0 saturated heterocycles. The predicted molar refractivity (Wildman–Crippen MR) is 72.3 cm³/mol. The fourth-order valence-corrected chi connectivity index (χ4v) is 3.28. The maximum Gasteiger partial charge on any atom is 0.0761 e. The van der Waals surface area contributed by atoms with E-state index in [0.717, 1.165) is 18.5 Å². The lowest BCUT2D eigenvalue weighted by Crippen LogP contribution is -1.87. The first-order chi connectivity index (χ1) is 7.86. The van der Waals surface area contributed by atoms with Crippen molar-refractivity contribution in [1.82, 2.24) is 0 Å². The first-order valence-electron chi connectivity index (χ1n) is 5.57. The third-order valence-corrected chi connectivity index (χ3v) is 4.24. The highest BCUT2D eigenvalue weighted by Gasteiger charge is 2.12. The Hall–Kier alpha value is -1.41. The predicted octanol–water partition coefficient (Wildman–Crippen LogP) is 4.42. The third-order valence-electron chi connectivity index (χ3n) is 2.94. The van der Waals surface area contributed by atoms with Gasteiger partial charge in [-0.1, -0.05) is 24.3 Å². The van der Waals surface area contributed by atoms with E-state index < -0.39 is 0 Å².